The first-order chi connectivity index (χ1) is 12.2. The lowest BCUT2D eigenvalue weighted by Gasteiger charge is -2.27. The summed E-state index contributed by atoms with van der Waals surface area (Å²) in [5, 5.41) is 18.8. The number of alkyl halides is 3. The molecule has 0 aliphatic heterocycles. The van der Waals surface area contributed by atoms with E-state index in [1.165, 1.54) is 23.5 Å². The molecule has 0 radical (unpaired) electrons. The van der Waals surface area contributed by atoms with E-state index in [0.29, 0.717) is 10.6 Å². The van der Waals surface area contributed by atoms with Crippen LogP contribution < -0.4 is 16.0 Å². The molecule has 0 aliphatic carbocycles. The zero-order chi connectivity index (χ0) is 19.3. The molecule has 2 rings (SSSR count). The standard InChI is InChI=1S/C15H12Cl3N3O3S2/c16-15(17,18)13(20-11(22)10-5-2-6-26-10)21-14(25)19-9-4-1-3-8(7-9)12(23)24/h1-7,13H,(H,20,22)(H,23,24)(H2,19,21,25). The number of thiophene rings is 1. The summed E-state index contributed by atoms with van der Waals surface area (Å²) in [6.07, 6.45) is -1.12. The zero-order valence-electron chi connectivity index (χ0n) is 12.8. The average Bonchev–Trinajstić information content (AvgIpc) is 3.08. The van der Waals surface area contributed by atoms with Crippen LogP contribution in [-0.2, 0) is 0 Å². The van der Waals surface area contributed by atoms with Gasteiger partial charge < -0.3 is 21.1 Å². The molecular formula is C15H12Cl3N3O3S2. The van der Waals surface area contributed by atoms with E-state index in [9.17, 15) is 9.59 Å². The molecule has 1 aromatic heterocycles. The Morgan fingerprint density at radius 2 is 1.88 bits per heavy atom. The van der Waals surface area contributed by atoms with E-state index in [1.54, 1.807) is 29.6 Å². The van der Waals surface area contributed by atoms with Crippen LogP contribution in [0.5, 0.6) is 0 Å². The molecule has 1 amide bonds. The van der Waals surface area contributed by atoms with Crippen molar-refractivity contribution in [3.05, 3.63) is 52.2 Å². The van der Waals surface area contributed by atoms with Crippen molar-refractivity contribution in [2.45, 2.75) is 9.96 Å². The minimum atomic E-state index is -1.89. The summed E-state index contributed by atoms with van der Waals surface area (Å²) in [5.41, 5.74) is 0.511. The molecule has 0 spiro atoms. The van der Waals surface area contributed by atoms with Crippen molar-refractivity contribution in [1.29, 1.82) is 0 Å². The number of halogens is 3. The minimum absolute atomic E-state index is 0.0374. The number of carboxylic acids is 1. The van der Waals surface area contributed by atoms with E-state index in [4.69, 9.17) is 52.1 Å². The molecule has 1 atom stereocenters. The van der Waals surface area contributed by atoms with Crippen LogP contribution in [0.2, 0.25) is 0 Å². The van der Waals surface area contributed by atoms with Crippen molar-refractivity contribution >= 4 is 81.0 Å². The predicted molar refractivity (Wildman–Crippen MR) is 109 cm³/mol. The van der Waals surface area contributed by atoms with Crippen molar-refractivity contribution in [2.24, 2.45) is 0 Å². The number of carboxylic acid groups (broad SMARTS) is 1. The molecule has 0 bridgehead atoms. The van der Waals surface area contributed by atoms with Crippen LogP contribution in [0.15, 0.2) is 41.8 Å². The van der Waals surface area contributed by atoms with Gasteiger partial charge in [0.15, 0.2) is 5.11 Å². The number of carbonyl (C=O) groups is 2. The molecule has 138 valence electrons. The summed E-state index contributed by atoms with van der Waals surface area (Å²) >= 11 is 24.1. The second kappa shape index (κ2) is 8.88. The van der Waals surface area contributed by atoms with E-state index in [0.717, 1.165) is 0 Å². The molecule has 1 heterocycles. The minimum Gasteiger partial charge on any atom is -0.478 e. The van der Waals surface area contributed by atoms with Gasteiger partial charge in [-0.25, -0.2) is 4.79 Å². The second-order valence-corrected chi connectivity index (χ2v) is 8.63. The fourth-order valence-electron chi connectivity index (χ4n) is 1.84. The summed E-state index contributed by atoms with van der Waals surface area (Å²) in [6.45, 7) is 0. The third-order valence-electron chi connectivity index (χ3n) is 2.99. The van der Waals surface area contributed by atoms with Gasteiger partial charge in [0, 0.05) is 5.69 Å². The van der Waals surface area contributed by atoms with E-state index in [2.05, 4.69) is 16.0 Å². The van der Waals surface area contributed by atoms with Crippen molar-refractivity contribution < 1.29 is 14.7 Å². The zero-order valence-corrected chi connectivity index (χ0v) is 16.7. The average molecular weight is 453 g/mol. The summed E-state index contributed by atoms with van der Waals surface area (Å²) in [4.78, 5) is 23.6. The molecular weight excluding hydrogens is 441 g/mol. The first kappa shape index (κ1) is 20.7. The molecule has 4 N–H and O–H groups in total. The molecule has 1 aromatic carbocycles. The Hall–Kier alpha value is -1.58. The maximum atomic E-state index is 12.2. The fourth-order valence-corrected chi connectivity index (χ4v) is 3.03. The Kier molecular flexibility index (Phi) is 7.08. The number of amides is 1. The highest BCUT2D eigenvalue weighted by Gasteiger charge is 2.35. The van der Waals surface area contributed by atoms with Gasteiger partial charge >= 0.3 is 5.97 Å². The topological polar surface area (TPSA) is 90.5 Å². The number of benzene rings is 1. The number of rotatable bonds is 5. The largest absolute Gasteiger partial charge is 0.478 e. The molecule has 2 aromatic rings. The van der Waals surface area contributed by atoms with Crippen LogP contribution in [0.1, 0.15) is 20.0 Å². The van der Waals surface area contributed by atoms with Crippen molar-refractivity contribution in [2.75, 3.05) is 5.32 Å². The van der Waals surface area contributed by atoms with Gasteiger partial charge in [-0.3, -0.25) is 4.79 Å². The lowest BCUT2D eigenvalue weighted by atomic mass is 10.2. The number of anilines is 1. The van der Waals surface area contributed by atoms with Crippen molar-refractivity contribution in [3.63, 3.8) is 0 Å². The number of aromatic carboxylic acids is 1. The van der Waals surface area contributed by atoms with Gasteiger partial charge in [-0.15, -0.1) is 11.3 Å². The number of thiocarbonyl (C=S) groups is 1. The maximum Gasteiger partial charge on any atom is 0.335 e. The van der Waals surface area contributed by atoms with E-state index >= 15 is 0 Å². The van der Waals surface area contributed by atoms with E-state index < -0.39 is 21.8 Å². The molecule has 1 unspecified atom stereocenters. The molecule has 0 saturated heterocycles. The van der Waals surface area contributed by atoms with Crippen LogP contribution in [0, 0.1) is 0 Å². The first-order valence-corrected chi connectivity index (χ1v) is 9.41. The van der Waals surface area contributed by atoms with Crippen LogP contribution in [0.3, 0.4) is 0 Å². The van der Waals surface area contributed by atoms with Crippen LogP contribution >= 0.6 is 58.4 Å². The van der Waals surface area contributed by atoms with E-state index in [1.807, 2.05) is 0 Å². The van der Waals surface area contributed by atoms with E-state index in [-0.39, 0.29) is 10.7 Å². The SMILES string of the molecule is O=C(O)c1cccc(NC(=S)NC(NC(=O)c2cccs2)C(Cl)(Cl)Cl)c1. The van der Waals surface area contributed by atoms with Crippen LogP contribution in [-0.4, -0.2) is 32.1 Å². The summed E-state index contributed by atoms with van der Waals surface area (Å²) in [5.74, 6) is -1.51. The Balaban J connectivity index is 2.06. The van der Waals surface area contributed by atoms with Crippen LogP contribution in [0.25, 0.3) is 0 Å². The molecule has 26 heavy (non-hydrogen) atoms. The first-order valence-electron chi connectivity index (χ1n) is 6.99. The van der Waals surface area contributed by atoms with Crippen molar-refractivity contribution in [1.82, 2.24) is 10.6 Å². The number of hydrogen-bond acceptors (Lipinski definition) is 4. The predicted octanol–water partition coefficient (Wildman–Crippen LogP) is 3.86. The summed E-state index contributed by atoms with van der Waals surface area (Å²) < 4.78 is -1.89. The van der Waals surface area contributed by atoms with Crippen molar-refractivity contribution in [3.8, 4) is 0 Å². The third kappa shape index (κ3) is 6.00. The maximum absolute atomic E-state index is 12.2. The lowest BCUT2D eigenvalue weighted by molar-refractivity contribution is 0.0696. The Bertz CT molecular complexity index is 810. The second-order valence-electron chi connectivity index (χ2n) is 4.91. The third-order valence-corrected chi connectivity index (χ3v) is 4.73. The van der Waals surface area contributed by atoms with Gasteiger partial charge in [0.2, 0.25) is 3.79 Å². The molecule has 0 fully saturated rings. The smallest absolute Gasteiger partial charge is 0.335 e. The highest BCUT2D eigenvalue weighted by molar-refractivity contribution is 7.80. The molecule has 6 nitrogen and oxygen atoms in total. The van der Waals surface area contributed by atoms with Gasteiger partial charge in [0.1, 0.15) is 6.17 Å². The number of nitrogens with one attached hydrogen (secondary N) is 3. The number of carbonyl (C=O) groups excluding carboxylic acids is 1. The van der Waals surface area contributed by atoms with Gasteiger partial charge in [-0.2, -0.15) is 0 Å². The highest BCUT2D eigenvalue weighted by atomic mass is 35.6. The van der Waals surface area contributed by atoms with Gasteiger partial charge in [-0.05, 0) is 41.9 Å². The van der Waals surface area contributed by atoms with Gasteiger partial charge in [0.25, 0.3) is 5.91 Å². The number of hydrogen-bond donors (Lipinski definition) is 4. The fraction of sp³-hybridized carbons (Fsp3) is 0.133. The Morgan fingerprint density at radius 3 is 2.46 bits per heavy atom. The van der Waals surface area contributed by atoms with Crippen LogP contribution in [0.4, 0.5) is 5.69 Å². The molecule has 0 aliphatic rings. The quantitative estimate of drug-likeness (QED) is 0.313. The Morgan fingerprint density at radius 1 is 1.15 bits per heavy atom. The Labute approximate surface area is 173 Å². The summed E-state index contributed by atoms with van der Waals surface area (Å²) in [6, 6.07) is 9.36. The monoisotopic (exact) mass is 451 g/mol. The van der Waals surface area contributed by atoms with Gasteiger partial charge in [-0.1, -0.05) is 46.9 Å². The normalized spacial score (nSPS) is 12.1. The summed E-state index contributed by atoms with van der Waals surface area (Å²) in [7, 11) is 0. The molecule has 0 saturated carbocycles. The lowest BCUT2D eigenvalue weighted by Crippen LogP contribution is -2.56. The highest BCUT2D eigenvalue weighted by Crippen LogP contribution is 2.29. The van der Waals surface area contributed by atoms with Gasteiger partial charge in [0.05, 0.1) is 10.4 Å². The molecule has 11 heteroatoms.